The zero-order valence-corrected chi connectivity index (χ0v) is 10.9. The van der Waals surface area contributed by atoms with Gasteiger partial charge in [0.2, 0.25) is 5.88 Å². The van der Waals surface area contributed by atoms with Crippen molar-refractivity contribution in [1.82, 2.24) is 9.97 Å². The van der Waals surface area contributed by atoms with Gasteiger partial charge >= 0.3 is 5.97 Å². The molecule has 2 heterocycles. The number of aromatic nitrogens is 2. The van der Waals surface area contributed by atoms with Gasteiger partial charge in [0.15, 0.2) is 0 Å². The Hall–Kier alpha value is -1.95. The van der Waals surface area contributed by atoms with Crippen LogP contribution in [0, 0.1) is 0 Å². The molecule has 0 saturated heterocycles. The predicted molar refractivity (Wildman–Crippen MR) is 70.0 cm³/mol. The van der Waals surface area contributed by atoms with Crippen molar-refractivity contribution < 1.29 is 14.6 Å². The smallest absolute Gasteiger partial charge is 0.346 e. The van der Waals surface area contributed by atoms with E-state index in [2.05, 4.69) is 9.97 Å². The summed E-state index contributed by atoms with van der Waals surface area (Å²) in [4.78, 5) is 19.5. The minimum atomic E-state index is -0.940. The highest BCUT2D eigenvalue weighted by Gasteiger charge is 2.17. The van der Waals surface area contributed by atoms with Crippen molar-refractivity contribution >= 4 is 17.3 Å². The lowest BCUT2D eigenvalue weighted by atomic mass is 9.97. The van der Waals surface area contributed by atoms with Gasteiger partial charge in [-0.3, -0.25) is 0 Å². The van der Waals surface area contributed by atoms with Crippen LogP contribution in [0.1, 0.15) is 33.8 Å². The third-order valence-corrected chi connectivity index (χ3v) is 3.98. The second-order valence-electron chi connectivity index (χ2n) is 4.37. The first-order valence-corrected chi connectivity index (χ1v) is 6.94. The van der Waals surface area contributed by atoms with Gasteiger partial charge in [0.1, 0.15) is 17.0 Å². The number of aryl methyl sites for hydroxylation is 1. The first-order chi connectivity index (χ1) is 9.24. The van der Waals surface area contributed by atoms with Crippen molar-refractivity contribution in [2.75, 3.05) is 0 Å². The molecule has 0 saturated carbocycles. The zero-order chi connectivity index (χ0) is 13.2. The Bertz CT molecular complexity index is 624. The number of hydrogen-bond donors (Lipinski definition) is 1. The molecule has 0 atom stereocenters. The Morgan fingerprint density at radius 1 is 1.32 bits per heavy atom. The average Bonchev–Trinajstić information content (AvgIpc) is 2.88. The number of carboxylic acids is 1. The van der Waals surface area contributed by atoms with E-state index in [4.69, 9.17) is 9.84 Å². The Labute approximate surface area is 113 Å². The fourth-order valence-electron chi connectivity index (χ4n) is 2.18. The van der Waals surface area contributed by atoms with Crippen molar-refractivity contribution in [3.8, 4) is 11.6 Å². The molecule has 0 fully saturated rings. The number of fused-ring (bicyclic) bond motifs is 1. The van der Waals surface area contributed by atoms with E-state index in [9.17, 15) is 4.79 Å². The third kappa shape index (κ3) is 2.44. The van der Waals surface area contributed by atoms with Crippen molar-refractivity contribution in [1.29, 1.82) is 0 Å². The predicted octanol–water partition coefficient (Wildman–Crippen LogP) is 2.91. The molecule has 1 aliphatic rings. The summed E-state index contributed by atoms with van der Waals surface area (Å²) < 4.78 is 5.70. The van der Waals surface area contributed by atoms with E-state index in [1.807, 2.05) is 0 Å². The molecule has 1 aliphatic carbocycles. The van der Waals surface area contributed by atoms with E-state index < -0.39 is 5.97 Å². The fourth-order valence-corrected chi connectivity index (χ4v) is 2.82. The molecule has 98 valence electrons. The van der Waals surface area contributed by atoms with Crippen LogP contribution >= 0.6 is 11.3 Å². The molecular formula is C13H12N2O3S. The van der Waals surface area contributed by atoms with Crippen LogP contribution in [0.3, 0.4) is 0 Å². The molecule has 0 aliphatic heterocycles. The highest BCUT2D eigenvalue weighted by molar-refractivity contribution is 7.12. The van der Waals surface area contributed by atoms with Gasteiger partial charge in [-0.05, 0) is 25.7 Å². The van der Waals surface area contributed by atoms with Gasteiger partial charge in [0, 0.05) is 17.0 Å². The lowest BCUT2D eigenvalue weighted by Gasteiger charge is -2.16. The molecule has 0 amide bonds. The number of carbonyl (C=O) groups is 1. The van der Waals surface area contributed by atoms with Crippen LogP contribution in [0.2, 0.25) is 0 Å². The Morgan fingerprint density at radius 3 is 2.95 bits per heavy atom. The molecule has 6 heteroatoms. The first-order valence-electron chi connectivity index (χ1n) is 6.06. The number of ether oxygens (including phenoxy) is 1. The highest BCUT2D eigenvalue weighted by Crippen LogP contribution is 2.31. The van der Waals surface area contributed by atoms with Crippen LogP contribution in [-0.2, 0) is 12.8 Å². The number of rotatable bonds is 3. The van der Waals surface area contributed by atoms with E-state index in [1.165, 1.54) is 12.4 Å². The molecule has 3 rings (SSSR count). The summed E-state index contributed by atoms with van der Waals surface area (Å²) in [6, 6.07) is 1.52. The van der Waals surface area contributed by atoms with E-state index >= 15 is 0 Å². The molecule has 0 radical (unpaired) electrons. The molecule has 0 bridgehead atoms. The van der Waals surface area contributed by atoms with Gasteiger partial charge in [0.25, 0.3) is 0 Å². The van der Waals surface area contributed by atoms with Gasteiger partial charge < -0.3 is 9.84 Å². The Kier molecular flexibility index (Phi) is 3.16. The van der Waals surface area contributed by atoms with E-state index in [-0.39, 0.29) is 4.88 Å². The maximum atomic E-state index is 10.8. The van der Waals surface area contributed by atoms with Gasteiger partial charge in [-0.25, -0.2) is 14.8 Å². The maximum Gasteiger partial charge on any atom is 0.346 e. The number of carboxylic acid groups (broad SMARTS) is 1. The van der Waals surface area contributed by atoms with Crippen LogP contribution in [0.15, 0.2) is 17.8 Å². The summed E-state index contributed by atoms with van der Waals surface area (Å²) in [5, 5.41) is 10.6. The van der Waals surface area contributed by atoms with Gasteiger partial charge in [0.05, 0.1) is 5.69 Å². The summed E-state index contributed by atoms with van der Waals surface area (Å²) >= 11 is 1.15. The molecule has 5 nitrogen and oxygen atoms in total. The first kappa shape index (κ1) is 12.1. The number of nitrogens with zero attached hydrogens (tertiary/aromatic N) is 2. The van der Waals surface area contributed by atoms with E-state index in [1.54, 1.807) is 5.38 Å². The molecule has 0 spiro atoms. The van der Waals surface area contributed by atoms with Gasteiger partial charge in [-0.15, -0.1) is 11.3 Å². The number of thiophene rings is 1. The summed E-state index contributed by atoms with van der Waals surface area (Å²) in [7, 11) is 0. The highest BCUT2D eigenvalue weighted by atomic mass is 32.1. The summed E-state index contributed by atoms with van der Waals surface area (Å²) in [5.74, 6) is 0.137. The van der Waals surface area contributed by atoms with Crippen molar-refractivity contribution in [3.05, 3.63) is 33.9 Å². The minimum absolute atomic E-state index is 0.262. The Morgan fingerprint density at radius 2 is 2.16 bits per heavy atom. The SMILES string of the molecule is O=C(O)c1cc(Oc2ncnc3c2CCCC3)cs1. The van der Waals surface area contributed by atoms with Crippen molar-refractivity contribution in [3.63, 3.8) is 0 Å². The molecular weight excluding hydrogens is 264 g/mol. The summed E-state index contributed by atoms with van der Waals surface area (Å²) in [6.45, 7) is 0. The fraction of sp³-hybridized carbons (Fsp3) is 0.308. The number of hydrogen-bond acceptors (Lipinski definition) is 5. The van der Waals surface area contributed by atoms with Crippen LogP contribution in [0.5, 0.6) is 11.6 Å². The van der Waals surface area contributed by atoms with E-state index in [0.29, 0.717) is 11.6 Å². The molecule has 2 aromatic heterocycles. The topological polar surface area (TPSA) is 72.3 Å². The van der Waals surface area contributed by atoms with Crippen LogP contribution in [0.4, 0.5) is 0 Å². The van der Waals surface area contributed by atoms with Crippen LogP contribution < -0.4 is 4.74 Å². The molecule has 2 aromatic rings. The second kappa shape index (κ2) is 4.97. The van der Waals surface area contributed by atoms with E-state index in [0.717, 1.165) is 48.3 Å². The number of aromatic carboxylic acids is 1. The summed E-state index contributed by atoms with van der Waals surface area (Å²) in [6.07, 6.45) is 5.63. The quantitative estimate of drug-likeness (QED) is 0.933. The average molecular weight is 276 g/mol. The molecule has 0 aromatic carbocycles. The largest absolute Gasteiger partial charge is 0.477 e. The van der Waals surface area contributed by atoms with Gasteiger partial charge in [-0.1, -0.05) is 0 Å². The Balaban J connectivity index is 1.88. The molecule has 0 unspecified atom stereocenters. The maximum absolute atomic E-state index is 10.8. The van der Waals surface area contributed by atoms with Crippen molar-refractivity contribution in [2.45, 2.75) is 25.7 Å². The normalized spacial score (nSPS) is 13.9. The van der Waals surface area contributed by atoms with Crippen molar-refractivity contribution in [2.24, 2.45) is 0 Å². The van der Waals surface area contributed by atoms with Gasteiger partial charge in [-0.2, -0.15) is 0 Å². The van der Waals surface area contributed by atoms with Crippen LogP contribution in [-0.4, -0.2) is 21.0 Å². The minimum Gasteiger partial charge on any atom is -0.477 e. The third-order valence-electron chi connectivity index (χ3n) is 3.09. The standard InChI is InChI=1S/C13H12N2O3S/c16-13(17)11-5-8(6-19-11)18-12-9-3-1-2-4-10(9)14-7-15-12/h5-7H,1-4H2,(H,16,17). The lowest BCUT2D eigenvalue weighted by Crippen LogP contribution is -2.08. The molecule has 1 N–H and O–H groups in total. The lowest BCUT2D eigenvalue weighted by molar-refractivity contribution is 0.0702. The summed E-state index contributed by atoms with van der Waals surface area (Å²) in [5.41, 5.74) is 2.10. The van der Waals surface area contributed by atoms with Crippen LogP contribution in [0.25, 0.3) is 0 Å². The second-order valence-corrected chi connectivity index (χ2v) is 5.28. The monoisotopic (exact) mass is 276 g/mol. The zero-order valence-electron chi connectivity index (χ0n) is 10.1. The molecule has 19 heavy (non-hydrogen) atoms.